The number of nitrogens with two attached hydrogens (primary N) is 1. The first-order valence-corrected chi connectivity index (χ1v) is 10.7. The van der Waals surface area contributed by atoms with Crippen molar-refractivity contribution in [2.75, 3.05) is 0 Å². The average Bonchev–Trinajstić information content (AvgIpc) is 3.09. The summed E-state index contributed by atoms with van der Waals surface area (Å²) in [7, 11) is 0. The number of H-pyrrole nitrogens is 1. The van der Waals surface area contributed by atoms with Gasteiger partial charge in [-0.2, -0.15) is 0 Å². The summed E-state index contributed by atoms with van der Waals surface area (Å²) in [5.41, 5.74) is 7.90. The molecule has 2 rings (SSSR count). The molecule has 2 aromatic rings. The minimum absolute atomic E-state index is 0. The zero-order chi connectivity index (χ0) is 20.2. The molecule has 6 heteroatoms. The molecule has 0 aliphatic heterocycles. The number of hydrogen-bond donors (Lipinski definition) is 2. The summed E-state index contributed by atoms with van der Waals surface area (Å²) in [5, 5.41) is 1.03. The van der Waals surface area contributed by atoms with Crippen LogP contribution in [0.3, 0.4) is 0 Å². The Morgan fingerprint density at radius 3 is 2.31 bits per heavy atom. The van der Waals surface area contributed by atoms with Gasteiger partial charge in [0.2, 0.25) is 0 Å². The van der Waals surface area contributed by atoms with Gasteiger partial charge in [0.1, 0.15) is 6.04 Å². The van der Waals surface area contributed by atoms with Crippen LogP contribution < -0.4 is 5.73 Å². The summed E-state index contributed by atoms with van der Waals surface area (Å²) >= 11 is 0. The van der Waals surface area contributed by atoms with Gasteiger partial charge < -0.3 is 15.5 Å². The third kappa shape index (κ3) is 9.47. The Labute approximate surface area is 196 Å². The van der Waals surface area contributed by atoms with E-state index in [1.165, 1.54) is 38.5 Å². The number of hydrogen-bond acceptors (Lipinski definition) is 4. The van der Waals surface area contributed by atoms with E-state index in [0.717, 1.165) is 35.7 Å². The van der Waals surface area contributed by atoms with Gasteiger partial charge in [-0.1, -0.05) is 76.5 Å². The van der Waals surface area contributed by atoms with E-state index in [0.29, 0.717) is 6.42 Å². The Hall–Kier alpha value is -1.14. The second-order valence-corrected chi connectivity index (χ2v) is 7.54. The largest absolute Gasteiger partial charge is 0.392 e. The van der Waals surface area contributed by atoms with Gasteiger partial charge in [0.15, 0.2) is 0 Å². The number of carbonyl (C=O) groups is 2. The molecule has 0 saturated carbocycles. The smallest absolute Gasteiger partial charge is 0.330 e. The van der Waals surface area contributed by atoms with Gasteiger partial charge in [0, 0.05) is 59.5 Å². The summed E-state index contributed by atoms with van der Waals surface area (Å²) in [6, 6.07) is 7.00. The molecule has 0 amide bonds. The molecule has 0 bridgehead atoms. The van der Waals surface area contributed by atoms with Gasteiger partial charge >= 0.3 is 11.9 Å². The molecule has 1 atom stereocenters. The van der Waals surface area contributed by atoms with E-state index in [4.69, 9.17) is 10.5 Å². The van der Waals surface area contributed by atoms with Crippen molar-refractivity contribution < 1.29 is 14.3 Å². The fraction of sp³-hybridized carbons (Fsp3) is 0.565. The Morgan fingerprint density at radius 1 is 1.00 bits per heavy atom. The molecule has 1 heterocycles. The molecule has 0 saturated heterocycles. The maximum atomic E-state index is 12.1. The number of esters is 2. The molecule has 0 unspecified atom stereocenters. The van der Waals surface area contributed by atoms with E-state index >= 15 is 0 Å². The number of aromatic amines is 1. The Morgan fingerprint density at radius 2 is 1.62 bits per heavy atom. The van der Waals surface area contributed by atoms with Crippen molar-refractivity contribution in [3.63, 3.8) is 0 Å². The van der Waals surface area contributed by atoms with E-state index in [-0.39, 0.29) is 36.0 Å². The van der Waals surface area contributed by atoms with Crippen LogP contribution >= 0.6 is 0 Å². The number of fused-ring (bicyclic) bond motifs is 1. The predicted octanol–water partition coefficient (Wildman–Crippen LogP) is 4.65. The molecule has 1 aromatic carbocycles. The fourth-order valence-corrected chi connectivity index (χ4v) is 3.44. The number of nitrogens with one attached hydrogen (secondary N) is 1. The topological polar surface area (TPSA) is 85.2 Å². The number of ether oxygens (including phenoxy) is 1. The van der Waals surface area contributed by atoms with Crippen molar-refractivity contribution in [3.8, 4) is 0 Å². The minimum Gasteiger partial charge on any atom is -0.392 e. The van der Waals surface area contributed by atoms with Crippen LogP contribution in [-0.2, 0) is 20.7 Å². The van der Waals surface area contributed by atoms with Crippen molar-refractivity contribution >= 4 is 52.4 Å². The first-order valence-electron chi connectivity index (χ1n) is 10.7. The predicted molar refractivity (Wildman–Crippen MR) is 119 cm³/mol. The molecule has 0 fully saturated rings. The molecule has 155 valence electrons. The first kappa shape index (κ1) is 25.9. The SMILES string of the molecule is CCCCCCCCCCCC(=O)OC(=O)[C@@H](N)Cc1c[nH]c2ccccc12.[Na]. The van der Waals surface area contributed by atoms with E-state index < -0.39 is 18.0 Å². The quantitative estimate of drug-likeness (QED) is 0.218. The molecule has 29 heavy (non-hydrogen) atoms. The van der Waals surface area contributed by atoms with Crippen LogP contribution in [0.15, 0.2) is 30.5 Å². The Bertz CT molecular complexity index is 745. The normalized spacial score (nSPS) is 11.8. The second kappa shape index (κ2) is 14.8. The molecule has 0 aliphatic carbocycles. The van der Waals surface area contributed by atoms with E-state index in [1.54, 1.807) is 0 Å². The molecular weight excluding hydrogens is 375 g/mol. The summed E-state index contributed by atoms with van der Waals surface area (Å²) in [6.07, 6.45) is 13.1. The van der Waals surface area contributed by atoms with Gasteiger partial charge in [-0.3, -0.25) is 4.79 Å². The number of unbranched alkanes of at least 4 members (excludes halogenated alkanes) is 8. The van der Waals surface area contributed by atoms with Crippen molar-refractivity contribution in [2.24, 2.45) is 5.73 Å². The Balaban J connectivity index is 0.00000420. The zero-order valence-corrected chi connectivity index (χ0v) is 20.0. The number of aromatic nitrogens is 1. The fourth-order valence-electron chi connectivity index (χ4n) is 3.44. The Kier molecular flexibility index (Phi) is 13.2. The van der Waals surface area contributed by atoms with Crippen LogP contribution in [0.1, 0.15) is 76.7 Å². The van der Waals surface area contributed by atoms with Gasteiger partial charge in [0.05, 0.1) is 0 Å². The molecule has 5 nitrogen and oxygen atoms in total. The van der Waals surface area contributed by atoms with Gasteiger partial charge in [-0.05, 0) is 18.1 Å². The van der Waals surface area contributed by atoms with Crippen LogP contribution in [0, 0.1) is 0 Å². The van der Waals surface area contributed by atoms with E-state index in [1.807, 2.05) is 30.5 Å². The van der Waals surface area contributed by atoms with E-state index in [2.05, 4.69) is 11.9 Å². The number of benzene rings is 1. The average molecular weight is 410 g/mol. The van der Waals surface area contributed by atoms with Crippen LogP contribution in [0.5, 0.6) is 0 Å². The molecule has 1 radical (unpaired) electrons. The third-order valence-corrected chi connectivity index (χ3v) is 5.12. The number of rotatable bonds is 13. The second-order valence-electron chi connectivity index (χ2n) is 7.54. The van der Waals surface area contributed by atoms with Gasteiger partial charge in [0.25, 0.3) is 0 Å². The first-order chi connectivity index (χ1) is 13.6. The molecule has 0 aliphatic rings. The van der Waals surface area contributed by atoms with Crippen molar-refractivity contribution in [1.82, 2.24) is 4.98 Å². The number of carbonyl (C=O) groups excluding carboxylic acids is 2. The molecule has 1 aromatic heterocycles. The van der Waals surface area contributed by atoms with Crippen LogP contribution in [-0.4, -0.2) is 52.5 Å². The minimum atomic E-state index is -0.841. The van der Waals surface area contributed by atoms with E-state index in [9.17, 15) is 9.59 Å². The summed E-state index contributed by atoms with van der Waals surface area (Å²) < 4.78 is 4.93. The summed E-state index contributed by atoms with van der Waals surface area (Å²) in [6.45, 7) is 2.22. The zero-order valence-electron chi connectivity index (χ0n) is 18.0. The molecular formula is C23H34N2NaO3. The van der Waals surface area contributed by atoms with Crippen LogP contribution in [0.4, 0.5) is 0 Å². The van der Waals surface area contributed by atoms with Crippen LogP contribution in [0.25, 0.3) is 10.9 Å². The third-order valence-electron chi connectivity index (χ3n) is 5.12. The summed E-state index contributed by atoms with van der Waals surface area (Å²) in [5.74, 6) is -1.12. The maximum absolute atomic E-state index is 12.1. The monoisotopic (exact) mass is 409 g/mol. The van der Waals surface area contributed by atoms with Gasteiger partial charge in [-0.15, -0.1) is 0 Å². The van der Waals surface area contributed by atoms with Crippen LogP contribution in [0.2, 0.25) is 0 Å². The van der Waals surface area contributed by atoms with Crippen molar-refractivity contribution in [2.45, 2.75) is 83.6 Å². The standard InChI is InChI=1S/C23H34N2O3.Na/c1-2-3-4-5-6-7-8-9-10-15-22(26)28-23(27)20(24)16-18-17-25-21-14-12-11-13-19(18)21;/h11-14,17,20,25H,2-10,15-16,24H2,1H3;/t20-;/m0./s1. The van der Waals surface area contributed by atoms with Gasteiger partial charge in [-0.25, -0.2) is 4.79 Å². The number of para-hydroxylation sites is 1. The maximum Gasteiger partial charge on any atom is 0.330 e. The summed E-state index contributed by atoms with van der Waals surface area (Å²) in [4.78, 5) is 27.1. The molecule has 0 spiro atoms. The van der Waals surface area contributed by atoms with Crippen molar-refractivity contribution in [1.29, 1.82) is 0 Å². The molecule has 3 N–H and O–H groups in total. The van der Waals surface area contributed by atoms with Crippen molar-refractivity contribution in [3.05, 3.63) is 36.0 Å².